The third-order valence-corrected chi connectivity index (χ3v) is 3.98. The highest BCUT2D eigenvalue weighted by atomic mass is 79.9. The zero-order chi connectivity index (χ0) is 9.97. The lowest BCUT2D eigenvalue weighted by Gasteiger charge is -2.07. The van der Waals surface area contributed by atoms with Crippen molar-refractivity contribution in [1.82, 2.24) is 0 Å². The van der Waals surface area contributed by atoms with Gasteiger partial charge in [-0.3, -0.25) is 0 Å². The molecule has 1 unspecified atom stereocenters. The number of hydrogen-bond donors (Lipinski definition) is 0. The van der Waals surface area contributed by atoms with Gasteiger partial charge in [-0.1, -0.05) is 34.1 Å². The average molecular weight is 288 g/mol. The van der Waals surface area contributed by atoms with Crippen molar-refractivity contribution in [3.8, 4) is 0 Å². The van der Waals surface area contributed by atoms with E-state index >= 15 is 0 Å². The molecule has 0 aliphatic carbocycles. The minimum Gasteiger partial charge on any atom is -0.147 e. The van der Waals surface area contributed by atoms with Crippen LogP contribution in [0.25, 0.3) is 0 Å². The first-order chi connectivity index (χ1) is 6.77. The van der Waals surface area contributed by atoms with E-state index in [1.54, 1.807) is 11.3 Å². The summed E-state index contributed by atoms with van der Waals surface area (Å²) >= 11 is 11.5. The molecule has 1 aromatic heterocycles. The summed E-state index contributed by atoms with van der Waals surface area (Å²) in [5.41, 5.74) is 1.13. The quantitative estimate of drug-likeness (QED) is 0.693. The number of alkyl halides is 1. The van der Waals surface area contributed by atoms with E-state index in [1.807, 2.05) is 29.6 Å². The molecule has 2 aromatic rings. The Morgan fingerprint density at radius 2 is 2.07 bits per heavy atom. The first-order valence-electron chi connectivity index (χ1n) is 4.20. The molecule has 0 aliphatic rings. The Kier molecular flexibility index (Phi) is 3.26. The lowest BCUT2D eigenvalue weighted by atomic mass is 10.1. The van der Waals surface area contributed by atoms with Crippen molar-refractivity contribution in [1.29, 1.82) is 0 Å². The average Bonchev–Trinajstić information content (AvgIpc) is 2.69. The van der Waals surface area contributed by atoms with Crippen LogP contribution in [0, 0.1) is 0 Å². The van der Waals surface area contributed by atoms with E-state index in [-0.39, 0.29) is 5.38 Å². The van der Waals surface area contributed by atoms with Crippen molar-refractivity contribution in [2.24, 2.45) is 0 Å². The number of thiophene rings is 1. The molecule has 2 rings (SSSR count). The topological polar surface area (TPSA) is 0 Å². The lowest BCUT2D eigenvalue weighted by molar-refractivity contribution is 1.18. The van der Waals surface area contributed by atoms with Crippen LogP contribution >= 0.6 is 38.9 Å². The Labute approximate surface area is 101 Å². The first-order valence-corrected chi connectivity index (χ1v) is 6.31. The molecule has 1 atom stereocenters. The number of rotatable bonds is 2. The lowest BCUT2D eigenvalue weighted by Crippen LogP contribution is -1.89. The minimum absolute atomic E-state index is 0.0347. The van der Waals surface area contributed by atoms with Gasteiger partial charge in [0.2, 0.25) is 0 Å². The highest BCUT2D eigenvalue weighted by Gasteiger charge is 2.11. The fraction of sp³-hybridized carbons (Fsp3) is 0.0909. The zero-order valence-corrected chi connectivity index (χ0v) is 10.4. The first kappa shape index (κ1) is 10.2. The highest BCUT2D eigenvalue weighted by molar-refractivity contribution is 9.10. The molecule has 0 saturated heterocycles. The molecule has 0 fully saturated rings. The fourth-order valence-corrected chi connectivity index (χ4v) is 2.77. The SMILES string of the molecule is ClC(c1cccc(Br)c1)c1cccs1. The second-order valence-electron chi connectivity index (χ2n) is 2.93. The Balaban J connectivity index is 2.32. The van der Waals surface area contributed by atoms with Crippen LogP contribution in [0.2, 0.25) is 0 Å². The van der Waals surface area contributed by atoms with E-state index < -0.39 is 0 Å². The van der Waals surface area contributed by atoms with Crippen molar-refractivity contribution < 1.29 is 0 Å². The summed E-state index contributed by atoms with van der Waals surface area (Å²) in [6, 6.07) is 12.2. The van der Waals surface area contributed by atoms with E-state index in [1.165, 1.54) is 4.88 Å². The molecule has 0 spiro atoms. The molecule has 0 aliphatic heterocycles. The maximum absolute atomic E-state index is 6.33. The van der Waals surface area contributed by atoms with Crippen LogP contribution in [0.15, 0.2) is 46.3 Å². The molecule has 0 saturated carbocycles. The predicted octanol–water partition coefficient (Wildman–Crippen LogP) is 4.84. The maximum Gasteiger partial charge on any atom is 0.0928 e. The molecule has 1 heterocycles. The fourth-order valence-electron chi connectivity index (χ4n) is 1.26. The summed E-state index contributed by atoms with van der Waals surface area (Å²) in [5.74, 6) is 0. The maximum atomic E-state index is 6.33. The molecular formula is C11H8BrClS. The Morgan fingerprint density at radius 1 is 1.21 bits per heavy atom. The summed E-state index contributed by atoms with van der Waals surface area (Å²) in [5, 5.41) is 2.01. The largest absolute Gasteiger partial charge is 0.147 e. The van der Waals surface area contributed by atoms with Crippen LogP contribution in [0.5, 0.6) is 0 Å². The van der Waals surface area contributed by atoms with Gasteiger partial charge in [0.05, 0.1) is 5.38 Å². The third kappa shape index (κ3) is 2.19. The van der Waals surface area contributed by atoms with Crippen molar-refractivity contribution in [3.05, 3.63) is 56.7 Å². The highest BCUT2D eigenvalue weighted by Crippen LogP contribution is 2.32. The van der Waals surface area contributed by atoms with Crippen LogP contribution < -0.4 is 0 Å². The molecule has 0 nitrogen and oxygen atoms in total. The molecule has 1 aromatic carbocycles. The van der Waals surface area contributed by atoms with Gasteiger partial charge in [-0.05, 0) is 29.1 Å². The predicted molar refractivity (Wildman–Crippen MR) is 66.2 cm³/mol. The van der Waals surface area contributed by atoms with Crippen LogP contribution in [0.4, 0.5) is 0 Å². The second-order valence-corrected chi connectivity index (χ2v) is 5.26. The normalized spacial score (nSPS) is 12.7. The van der Waals surface area contributed by atoms with Crippen LogP contribution in [-0.2, 0) is 0 Å². The van der Waals surface area contributed by atoms with Crippen LogP contribution in [0.1, 0.15) is 15.8 Å². The van der Waals surface area contributed by atoms with Crippen molar-refractivity contribution in [2.45, 2.75) is 5.38 Å². The van der Waals surface area contributed by atoms with Crippen molar-refractivity contribution in [2.75, 3.05) is 0 Å². The third-order valence-electron chi connectivity index (χ3n) is 1.93. The van der Waals surface area contributed by atoms with Gasteiger partial charge < -0.3 is 0 Å². The summed E-state index contributed by atoms with van der Waals surface area (Å²) in [6.07, 6.45) is 0. The number of benzene rings is 1. The van der Waals surface area contributed by atoms with E-state index in [0.717, 1.165) is 10.0 Å². The van der Waals surface area contributed by atoms with E-state index in [9.17, 15) is 0 Å². The standard InChI is InChI=1S/C11H8BrClS/c12-9-4-1-3-8(7-9)11(13)10-5-2-6-14-10/h1-7,11H. The van der Waals surface area contributed by atoms with Gasteiger partial charge in [0.25, 0.3) is 0 Å². The van der Waals surface area contributed by atoms with E-state index in [2.05, 4.69) is 28.1 Å². The van der Waals surface area contributed by atoms with Gasteiger partial charge in [-0.2, -0.15) is 0 Å². The van der Waals surface area contributed by atoms with Gasteiger partial charge in [0, 0.05) is 9.35 Å². The van der Waals surface area contributed by atoms with Gasteiger partial charge in [-0.25, -0.2) is 0 Å². The van der Waals surface area contributed by atoms with Gasteiger partial charge >= 0.3 is 0 Å². The monoisotopic (exact) mass is 286 g/mol. The summed E-state index contributed by atoms with van der Waals surface area (Å²) < 4.78 is 1.07. The zero-order valence-electron chi connectivity index (χ0n) is 7.28. The van der Waals surface area contributed by atoms with Gasteiger partial charge in [0.1, 0.15) is 0 Å². The number of hydrogen-bond acceptors (Lipinski definition) is 1. The second kappa shape index (κ2) is 4.47. The molecule has 72 valence electrons. The summed E-state index contributed by atoms with van der Waals surface area (Å²) in [6.45, 7) is 0. The molecule has 0 radical (unpaired) electrons. The van der Waals surface area contributed by atoms with Crippen LogP contribution in [0.3, 0.4) is 0 Å². The Hall–Kier alpha value is -0.310. The summed E-state index contributed by atoms with van der Waals surface area (Å²) in [7, 11) is 0. The Morgan fingerprint density at radius 3 is 2.71 bits per heavy atom. The van der Waals surface area contributed by atoms with Crippen molar-refractivity contribution in [3.63, 3.8) is 0 Å². The van der Waals surface area contributed by atoms with E-state index in [0.29, 0.717) is 0 Å². The Bertz CT molecular complexity index is 411. The van der Waals surface area contributed by atoms with E-state index in [4.69, 9.17) is 11.6 Å². The molecule has 14 heavy (non-hydrogen) atoms. The smallest absolute Gasteiger partial charge is 0.0928 e. The molecular weight excluding hydrogens is 280 g/mol. The number of halogens is 2. The van der Waals surface area contributed by atoms with Crippen LogP contribution in [-0.4, -0.2) is 0 Å². The molecule has 0 amide bonds. The molecule has 3 heteroatoms. The summed E-state index contributed by atoms with van der Waals surface area (Å²) in [4.78, 5) is 1.18. The molecule has 0 bridgehead atoms. The minimum atomic E-state index is -0.0347. The van der Waals surface area contributed by atoms with Crippen molar-refractivity contribution >= 4 is 38.9 Å². The van der Waals surface area contributed by atoms with Gasteiger partial charge in [0.15, 0.2) is 0 Å². The molecule has 0 N–H and O–H groups in total. The van der Waals surface area contributed by atoms with Gasteiger partial charge in [-0.15, -0.1) is 22.9 Å².